The normalized spacial score (nSPS) is 55.6. The largest absolute Gasteiger partial charge is 0.389 e. The molecule has 0 radical (unpaired) electrons. The second-order valence-corrected chi connectivity index (χ2v) is 7.47. The van der Waals surface area contributed by atoms with Crippen LogP contribution >= 0.6 is 0 Å². The fourth-order valence-corrected chi connectivity index (χ4v) is 4.67. The molecule has 0 aromatic carbocycles. The van der Waals surface area contributed by atoms with Gasteiger partial charge in [0.2, 0.25) is 0 Å². The summed E-state index contributed by atoms with van der Waals surface area (Å²) in [6, 6.07) is 0. The molecule has 0 aromatic rings. The summed E-state index contributed by atoms with van der Waals surface area (Å²) in [7, 11) is 0. The number of fused-ring (bicyclic) bond motifs is 4. The van der Waals surface area contributed by atoms with E-state index in [4.69, 9.17) is 0 Å². The van der Waals surface area contributed by atoms with Crippen molar-refractivity contribution < 1.29 is 10.2 Å². The van der Waals surface area contributed by atoms with Crippen molar-refractivity contribution in [3.8, 4) is 0 Å². The monoisotopic (exact) mass is 236 g/mol. The van der Waals surface area contributed by atoms with Gasteiger partial charge >= 0.3 is 0 Å². The molecule has 2 nitrogen and oxygen atoms in total. The van der Waals surface area contributed by atoms with Crippen molar-refractivity contribution in [1.82, 2.24) is 0 Å². The van der Waals surface area contributed by atoms with Crippen molar-refractivity contribution in [2.45, 2.75) is 64.6 Å². The molecule has 0 saturated heterocycles. The highest BCUT2D eigenvalue weighted by Gasteiger charge is 2.68. The minimum atomic E-state index is -0.647. The molecule has 2 fully saturated rings. The maximum atomic E-state index is 11.0. The van der Waals surface area contributed by atoms with E-state index >= 15 is 0 Å². The first kappa shape index (κ1) is 11.7. The Morgan fingerprint density at radius 3 is 2.41 bits per heavy atom. The SMILES string of the molecule is CC1(O)CC=C2C1CC1(O)CCC2(C)C1(C)C. The zero-order valence-corrected chi connectivity index (χ0v) is 11.4. The zero-order chi connectivity index (χ0) is 12.7. The number of hydrogen-bond acceptors (Lipinski definition) is 2. The predicted molar refractivity (Wildman–Crippen MR) is 67.5 cm³/mol. The van der Waals surface area contributed by atoms with Gasteiger partial charge in [-0.05, 0) is 38.0 Å². The number of hydrogen-bond donors (Lipinski definition) is 2. The summed E-state index contributed by atoms with van der Waals surface area (Å²) in [6.07, 6.45) is 5.65. The zero-order valence-electron chi connectivity index (χ0n) is 11.4. The van der Waals surface area contributed by atoms with Crippen LogP contribution in [0, 0.1) is 16.7 Å². The first-order valence-corrected chi connectivity index (χ1v) is 6.79. The van der Waals surface area contributed by atoms with Crippen molar-refractivity contribution in [1.29, 1.82) is 0 Å². The summed E-state index contributed by atoms with van der Waals surface area (Å²) in [4.78, 5) is 0. The second-order valence-electron chi connectivity index (χ2n) is 7.47. The Balaban J connectivity index is 2.14. The second kappa shape index (κ2) is 2.80. The molecule has 17 heavy (non-hydrogen) atoms. The summed E-state index contributed by atoms with van der Waals surface area (Å²) >= 11 is 0. The Kier molecular flexibility index (Phi) is 1.93. The fourth-order valence-electron chi connectivity index (χ4n) is 4.67. The van der Waals surface area contributed by atoms with Crippen LogP contribution in [0.3, 0.4) is 0 Å². The third-order valence-corrected chi connectivity index (χ3v) is 6.62. The molecule has 0 aromatic heterocycles. The Labute approximate surface area is 104 Å². The molecule has 3 aliphatic carbocycles. The topological polar surface area (TPSA) is 40.5 Å². The van der Waals surface area contributed by atoms with Gasteiger partial charge in [-0.15, -0.1) is 0 Å². The van der Waals surface area contributed by atoms with E-state index < -0.39 is 11.2 Å². The van der Waals surface area contributed by atoms with Crippen molar-refractivity contribution in [2.24, 2.45) is 16.7 Å². The van der Waals surface area contributed by atoms with Crippen molar-refractivity contribution in [2.75, 3.05) is 0 Å². The van der Waals surface area contributed by atoms with Gasteiger partial charge in [0, 0.05) is 11.3 Å². The van der Waals surface area contributed by atoms with E-state index in [9.17, 15) is 10.2 Å². The third kappa shape index (κ3) is 1.09. The Bertz CT molecular complexity index is 407. The van der Waals surface area contributed by atoms with E-state index in [0.717, 1.165) is 25.7 Å². The Morgan fingerprint density at radius 1 is 1.12 bits per heavy atom. The highest BCUT2D eigenvalue weighted by molar-refractivity contribution is 5.37. The molecule has 4 unspecified atom stereocenters. The van der Waals surface area contributed by atoms with Crippen LogP contribution in [0.2, 0.25) is 0 Å². The van der Waals surface area contributed by atoms with Crippen LogP contribution in [0.5, 0.6) is 0 Å². The molecule has 4 atom stereocenters. The van der Waals surface area contributed by atoms with E-state index in [1.807, 2.05) is 6.92 Å². The summed E-state index contributed by atoms with van der Waals surface area (Å²) in [5.41, 5.74) is 0.145. The third-order valence-electron chi connectivity index (χ3n) is 6.62. The summed E-state index contributed by atoms with van der Waals surface area (Å²) in [6.45, 7) is 8.60. The quantitative estimate of drug-likeness (QED) is 0.635. The van der Waals surface area contributed by atoms with E-state index in [2.05, 4.69) is 26.8 Å². The van der Waals surface area contributed by atoms with Crippen molar-refractivity contribution >= 4 is 0 Å². The van der Waals surface area contributed by atoms with Crippen molar-refractivity contribution in [3.63, 3.8) is 0 Å². The molecule has 3 aliphatic rings. The molecule has 0 aliphatic heterocycles. The first-order chi connectivity index (χ1) is 7.64. The lowest BCUT2D eigenvalue weighted by atomic mass is 9.52. The molecule has 0 amide bonds. The summed E-state index contributed by atoms with van der Waals surface area (Å²) in [5, 5.41) is 21.4. The van der Waals surface area contributed by atoms with E-state index in [1.165, 1.54) is 5.57 Å². The highest BCUT2D eigenvalue weighted by atomic mass is 16.3. The van der Waals surface area contributed by atoms with Gasteiger partial charge in [0.15, 0.2) is 0 Å². The number of rotatable bonds is 0. The molecule has 2 heteroatoms. The fraction of sp³-hybridized carbons (Fsp3) is 0.867. The first-order valence-electron chi connectivity index (χ1n) is 6.79. The van der Waals surface area contributed by atoms with Gasteiger partial charge in [-0.25, -0.2) is 0 Å². The van der Waals surface area contributed by atoms with Crippen LogP contribution in [0.4, 0.5) is 0 Å². The smallest absolute Gasteiger partial charge is 0.0720 e. The van der Waals surface area contributed by atoms with E-state index in [1.54, 1.807) is 0 Å². The molecule has 96 valence electrons. The lowest BCUT2D eigenvalue weighted by molar-refractivity contribution is -0.131. The molecular formula is C15H24O2. The molecule has 0 spiro atoms. The van der Waals surface area contributed by atoms with Crippen LogP contribution in [0.25, 0.3) is 0 Å². The molecular weight excluding hydrogens is 212 g/mol. The van der Waals surface area contributed by atoms with Crippen molar-refractivity contribution in [3.05, 3.63) is 11.6 Å². The molecule has 2 bridgehead atoms. The van der Waals surface area contributed by atoms with Crippen LogP contribution in [0.15, 0.2) is 11.6 Å². The number of aliphatic hydroxyl groups is 2. The maximum Gasteiger partial charge on any atom is 0.0720 e. The minimum absolute atomic E-state index is 0.0607. The van der Waals surface area contributed by atoms with Gasteiger partial charge in [0.05, 0.1) is 11.2 Å². The van der Waals surface area contributed by atoms with Gasteiger partial charge in [0.1, 0.15) is 0 Å². The molecule has 3 rings (SSSR count). The van der Waals surface area contributed by atoms with E-state index in [-0.39, 0.29) is 16.7 Å². The van der Waals surface area contributed by atoms with Gasteiger partial charge in [-0.2, -0.15) is 0 Å². The van der Waals surface area contributed by atoms with Crippen LogP contribution in [-0.2, 0) is 0 Å². The van der Waals surface area contributed by atoms with Crippen LogP contribution in [-0.4, -0.2) is 21.4 Å². The van der Waals surface area contributed by atoms with Gasteiger partial charge in [0.25, 0.3) is 0 Å². The maximum absolute atomic E-state index is 11.0. The average Bonchev–Trinajstić information content (AvgIpc) is 2.51. The minimum Gasteiger partial charge on any atom is -0.389 e. The lowest BCUT2D eigenvalue weighted by Gasteiger charge is -2.55. The van der Waals surface area contributed by atoms with Gasteiger partial charge < -0.3 is 10.2 Å². The lowest BCUT2D eigenvalue weighted by Crippen LogP contribution is -2.56. The Hall–Kier alpha value is -0.340. The highest BCUT2D eigenvalue weighted by Crippen LogP contribution is 2.70. The molecule has 0 heterocycles. The Morgan fingerprint density at radius 2 is 1.76 bits per heavy atom. The summed E-state index contributed by atoms with van der Waals surface area (Å²) in [5.74, 6) is 0.160. The van der Waals surface area contributed by atoms with Gasteiger partial charge in [-0.3, -0.25) is 0 Å². The molecule has 2 N–H and O–H groups in total. The van der Waals surface area contributed by atoms with Crippen LogP contribution < -0.4 is 0 Å². The van der Waals surface area contributed by atoms with Crippen LogP contribution in [0.1, 0.15) is 53.4 Å². The van der Waals surface area contributed by atoms with E-state index in [0.29, 0.717) is 0 Å². The molecule has 2 saturated carbocycles. The predicted octanol–water partition coefficient (Wildman–Crippen LogP) is 2.64. The standard InChI is InChI=1S/C15H24O2/c1-12(2)13(3)7-8-15(12,17)9-11-10(13)5-6-14(11,4)16/h5,11,16-17H,6-9H2,1-4H3. The average molecular weight is 236 g/mol. The van der Waals surface area contributed by atoms with Gasteiger partial charge in [-0.1, -0.05) is 32.4 Å². The summed E-state index contributed by atoms with van der Waals surface area (Å²) < 4.78 is 0.